The number of likely N-dealkylation sites (tertiary alicyclic amines) is 1. The molecule has 0 spiro atoms. The topological polar surface area (TPSA) is 64.4 Å². The molecule has 1 atom stereocenters. The summed E-state index contributed by atoms with van der Waals surface area (Å²) in [6.45, 7) is 6.42. The van der Waals surface area contributed by atoms with E-state index < -0.39 is 0 Å². The molecule has 0 radical (unpaired) electrons. The second-order valence-corrected chi connectivity index (χ2v) is 6.42. The first-order valence-electron chi connectivity index (χ1n) is 8.40. The summed E-state index contributed by atoms with van der Waals surface area (Å²) in [5.41, 5.74) is 3.68. The summed E-state index contributed by atoms with van der Waals surface area (Å²) in [5.74, 6) is 0.611. The molecule has 0 saturated carbocycles. The zero-order chi connectivity index (χ0) is 16.7. The fourth-order valence-electron chi connectivity index (χ4n) is 3.84. The molecule has 1 fully saturated rings. The van der Waals surface area contributed by atoms with Gasteiger partial charge in [0.15, 0.2) is 5.58 Å². The summed E-state index contributed by atoms with van der Waals surface area (Å²) in [4.78, 5) is 14.5. The van der Waals surface area contributed by atoms with Gasteiger partial charge in [-0.3, -0.25) is 9.47 Å². The summed E-state index contributed by atoms with van der Waals surface area (Å²) in [6, 6.07) is 7.89. The lowest BCUT2D eigenvalue weighted by Crippen LogP contribution is -2.30. The molecule has 24 heavy (non-hydrogen) atoms. The lowest BCUT2D eigenvalue weighted by Gasteiger charge is -2.24. The number of nitrogens with zero attached hydrogens (tertiary/aromatic N) is 3. The van der Waals surface area contributed by atoms with Gasteiger partial charge >= 0.3 is 5.76 Å². The number of aryl methyl sites for hydroxylation is 2. The van der Waals surface area contributed by atoms with Crippen LogP contribution < -0.4 is 5.76 Å². The van der Waals surface area contributed by atoms with Crippen LogP contribution in [0.5, 0.6) is 0 Å². The summed E-state index contributed by atoms with van der Waals surface area (Å²) in [5, 5.41) is 4.09. The molecule has 3 aromatic rings. The molecule has 6 nitrogen and oxygen atoms in total. The van der Waals surface area contributed by atoms with E-state index in [1.54, 1.807) is 4.57 Å². The van der Waals surface area contributed by atoms with Crippen LogP contribution in [0.15, 0.2) is 38.0 Å². The van der Waals surface area contributed by atoms with Crippen molar-refractivity contribution in [3.8, 4) is 0 Å². The first-order chi connectivity index (χ1) is 11.6. The van der Waals surface area contributed by atoms with E-state index in [4.69, 9.17) is 8.94 Å². The number of oxazole rings is 1. The number of hydrogen-bond donors (Lipinski definition) is 0. The third kappa shape index (κ3) is 2.47. The SMILES string of the molecule is Cc1noc(C)c1[C@H]1CCCN1CCn1c(=O)oc2ccccc21. The van der Waals surface area contributed by atoms with Gasteiger partial charge in [-0.05, 0) is 45.4 Å². The highest BCUT2D eigenvalue weighted by Gasteiger charge is 2.30. The Bertz CT molecular complexity index is 902. The molecular weight excluding hydrogens is 306 g/mol. The number of benzene rings is 1. The molecule has 1 aromatic carbocycles. The minimum Gasteiger partial charge on any atom is -0.408 e. The summed E-state index contributed by atoms with van der Waals surface area (Å²) in [7, 11) is 0. The third-order valence-corrected chi connectivity index (χ3v) is 4.97. The molecule has 0 amide bonds. The molecule has 1 aliphatic heterocycles. The number of aromatic nitrogens is 2. The number of rotatable bonds is 4. The maximum atomic E-state index is 12.1. The van der Waals surface area contributed by atoms with Crippen molar-refractivity contribution in [3.63, 3.8) is 0 Å². The van der Waals surface area contributed by atoms with Crippen LogP contribution in [0.2, 0.25) is 0 Å². The second-order valence-electron chi connectivity index (χ2n) is 6.42. The van der Waals surface area contributed by atoms with Crippen LogP contribution >= 0.6 is 0 Å². The highest BCUT2D eigenvalue weighted by Crippen LogP contribution is 2.35. The quantitative estimate of drug-likeness (QED) is 0.737. The van der Waals surface area contributed by atoms with Crippen LogP contribution in [-0.2, 0) is 6.54 Å². The molecule has 0 bridgehead atoms. The Balaban J connectivity index is 1.57. The van der Waals surface area contributed by atoms with Crippen molar-refractivity contribution in [1.29, 1.82) is 0 Å². The van der Waals surface area contributed by atoms with Crippen molar-refractivity contribution < 1.29 is 8.94 Å². The molecule has 1 aliphatic rings. The molecule has 1 saturated heterocycles. The van der Waals surface area contributed by atoms with Crippen LogP contribution in [0.25, 0.3) is 11.1 Å². The first-order valence-corrected chi connectivity index (χ1v) is 8.40. The van der Waals surface area contributed by atoms with Crippen molar-refractivity contribution in [1.82, 2.24) is 14.6 Å². The van der Waals surface area contributed by atoms with E-state index >= 15 is 0 Å². The first kappa shape index (κ1) is 15.2. The normalized spacial score (nSPS) is 18.7. The second kappa shape index (κ2) is 5.94. The van der Waals surface area contributed by atoms with Gasteiger partial charge in [-0.15, -0.1) is 0 Å². The van der Waals surface area contributed by atoms with Gasteiger partial charge in [-0.25, -0.2) is 4.79 Å². The van der Waals surface area contributed by atoms with Crippen molar-refractivity contribution in [3.05, 3.63) is 51.8 Å². The van der Waals surface area contributed by atoms with Gasteiger partial charge in [-0.1, -0.05) is 17.3 Å². The minimum atomic E-state index is -0.288. The predicted octanol–water partition coefficient (Wildman–Crippen LogP) is 3.04. The fraction of sp³-hybridized carbons (Fsp3) is 0.444. The lowest BCUT2D eigenvalue weighted by molar-refractivity contribution is 0.242. The van der Waals surface area contributed by atoms with Gasteiger partial charge in [0, 0.05) is 24.7 Å². The smallest absolute Gasteiger partial charge is 0.408 e. The predicted molar refractivity (Wildman–Crippen MR) is 90.0 cm³/mol. The monoisotopic (exact) mass is 327 g/mol. The Morgan fingerprint density at radius 3 is 2.88 bits per heavy atom. The zero-order valence-electron chi connectivity index (χ0n) is 14.0. The molecule has 6 heteroatoms. The van der Waals surface area contributed by atoms with E-state index in [-0.39, 0.29) is 5.76 Å². The van der Waals surface area contributed by atoms with E-state index in [2.05, 4.69) is 10.1 Å². The highest BCUT2D eigenvalue weighted by molar-refractivity contribution is 5.72. The largest absolute Gasteiger partial charge is 0.419 e. The summed E-state index contributed by atoms with van der Waals surface area (Å²) < 4.78 is 12.4. The minimum absolute atomic E-state index is 0.288. The van der Waals surface area contributed by atoms with E-state index in [1.807, 2.05) is 38.1 Å². The molecule has 0 unspecified atom stereocenters. The van der Waals surface area contributed by atoms with Crippen LogP contribution in [0, 0.1) is 13.8 Å². The summed E-state index contributed by atoms with van der Waals surface area (Å²) in [6.07, 6.45) is 2.25. The molecule has 2 aromatic heterocycles. The Morgan fingerprint density at radius 2 is 2.08 bits per heavy atom. The van der Waals surface area contributed by atoms with E-state index in [0.29, 0.717) is 18.2 Å². The van der Waals surface area contributed by atoms with Crippen molar-refractivity contribution in [2.24, 2.45) is 0 Å². The molecule has 4 rings (SSSR count). The van der Waals surface area contributed by atoms with Crippen LogP contribution in [-0.4, -0.2) is 27.7 Å². The average Bonchev–Trinajstić information content (AvgIpc) is 3.23. The fourth-order valence-corrected chi connectivity index (χ4v) is 3.84. The molecule has 3 heterocycles. The van der Waals surface area contributed by atoms with E-state index in [9.17, 15) is 4.79 Å². The van der Waals surface area contributed by atoms with E-state index in [1.165, 1.54) is 5.56 Å². The maximum Gasteiger partial charge on any atom is 0.419 e. The van der Waals surface area contributed by atoms with E-state index in [0.717, 1.165) is 42.9 Å². The van der Waals surface area contributed by atoms with Crippen LogP contribution in [0.1, 0.15) is 35.9 Å². The van der Waals surface area contributed by atoms with Crippen molar-refractivity contribution >= 4 is 11.1 Å². The van der Waals surface area contributed by atoms with Crippen molar-refractivity contribution in [2.75, 3.05) is 13.1 Å². The Morgan fingerprint density at radius 1 is 1.25 bits per heavy atom. The summed E-state index contributed by atoms with van der Waals surface area (Å²) >= 11 is 0. The Kier molecular flexibility index (Phi) is 3.76. The van der Waals surface area contributed by atoms with Gasteiger partial charge in [0.05, 0.1) is 11.2 Å². The highest BCUT2D eigenvalue weighted by atomic mass is 16.5. The Labute approximate surface area is 139 Å². The molecule has 0 aliphatic carbocycles. The molecule has 126 valence electrons. The molecule has 0 N–H and O–H groups in total. The van der Waals surface area contributed by atoms with Gasteiger partial charge < -0.3 is 8.94 Å². The van der Waals surface area contributed by atoms with Gasteiger partial charge in [0.25, 0.3) is 0 Å². The number of fused-ring (bicyclic) bond motifs is 1. The lowest BCUT2D eigenvalue weighted by atomic mass is 10.0. The van der Waals surface area contributed by atoms with Gasteiger partial charge in [0.2, 0.25) is 0 Å². The Hall–Kier alpha value is -2.34. The maximum absolute atomic E-state index is 12.1. The van der Waals surface area contributed by atoms with Crippen LogP contribution in [0.4, 0.5) is 0 Å². The third-order valence-electron chi connectivity index (χ3n) is 4.97. The number of para-hydroxylation sites is 2. The van der Waals surface area contributed by atoms with Crippen LogP contribution in [0.3, 0.4) is 0 Å². The molecular formula is C18H21N3O3. The standard InChI is InChI=1S/C18H21N3O3/c1-12-17(13(2)24-19-12)15-7-5-9-20(15)10-11-21-14-6-3-4-8-16(14)23-18(21)22/h3-4,6,8,15H,5,7,9-11H2,1-2H3/t15-/m1/s1. The average molecular weight is 327 g/mol. The van der Waals surface area contributed by atoms with Gasteiger partial charge in [-0.2, -0.15) is 0 Å². The zero-order valence-corrected chi connectivity index (χ0v) is 14.0. The van der Waals surface area contributed by atoms with Gasteiger partial charge in [0.1, 0.15) is 5.76 Å². The number of hydrogen-bond acceptors (Lipinski definition) is 5. The van der Waals surface area contributed by atoms with Crippen molar-refractivity contribution in [2.45, 2.75) is 39.3 Å².